The number of nitrogens with zero attached hydrogens (tertiary/aromatic N) is 4. The topological polar surface area (TPSA) is 81.9 Å². The van der Waals surface area contributed by atoms with Crippen molar-refractivity contribution in [2.45, 2.75) is 32.7 Å². The average molecular weight is 450 g/mol. The molecule has 1 amide bonds. The Morgan fingerprint density at radius 2 is 2.09 bits per heavy atom. The zero-order valence-corrected chi connectivity index (χ0v) is 18.8. The van der Waals surface area contributed by atoms with E-state index in [2.05, 4.69) is 28.3 Å². The Hall–Kier alpha value is -3.31. The SMILES string of the molecule is Cc1nc(C(=O)N2CCCC(C)C2CNc2ccc(C#N)cn2)c(-c2ccc(F)cc2)s1. The zero-order chi connectivity index (χ0) is 22.7. The summed E-state index contributed by atoms with van der Waals surface area (Å²) < 4.78 is 13.4. The summed E-state index contributed by atoms with van der Waals surface area (Å²) >= 11 is 1.45. The molecule has 32 heavy (non-hydrogen) atoms. The first-order valence-corrected chi connectivity index (χ1v) is 11.4. The van der Waals surface area contributed by atoms with Gasteiger partial charge in [-0.2, -0.15) is 5.26 Å². The quantitative estimate of drug-likeness (QED) is 0.601. The Kier molecular flexibility index (Phi) is 6.47. The molecule has 3 aromatic rings. The van der Waals surface area contributed by atoms with Gasteiger partial charge in [0, 0.05) is 19.3 Å². The van der Waals surface area contributed by atoms with Gasteiger partial charge in [-0.25, -0.2) is 14.4 Å². The van der Waals surface area contributed by atoms with Crippen LogP contribution in [0.4, 0.5) is 10.2 Å². The fourth-order valence-corrected chi connectivity index (χ4v) is 5.01. The molecule has 0 bridgehead atoms. The summed E-state index contributed by atoms with van der Waals surface area (Å²) in [6, 6.07) is 11.7. The first kappa shape index (κ1) is 21.9. The molecule has 6 nitrogen and oxygen atoms in total. The van der Waals surface area contributed by atoms with Crippen molar-refractivity contribution in [1.29, 1.82) is 5.26 Å². The first-order valence-electron chi connectivity index (χ1n) is 10.6. The van der Waals surface area contributed by atoms with Crippen molar-refractivity contribution in [2.75, 3.05) is 18.4 Å². The molecule has 1 aliphatic heterocycles. The van der Waals surface area contributed by atoms with Crippen LogP contribution in [-0.2, 0) is 0 Å². The smallest absolute Gasteiger partial charge is 0.274 e. The Bertz CT molecular complexity index is 1140. The highest BCUT2D eigenvalue weighted by Gasteiger charge is 2.34. The van der Waals surface area contributed by atoms with Gasteiger partial charge in [-0.05, 0) is 55.5 Å². The molecular formula is C24H24FN5OS. The largest absolute Gasteiger partial charge is 0.368 e. The third-order valence-electron chi connectivity index (χ3n) is 5.80. The average Bonchev–Trinajstić information content (AvgIpc) is 3.20. The Balaban J connectivity index is 1.57. The zero-order valence-electron chi connectivity index (χ0n) is 18.0. The lowest BCUT2D eigenvalue weighted by Crippen LogP contribution is -2.51. The number of aryl methyl sites for hydroxylation is 1. The molecule has 1 fully saturated rings. The number of nitriles is 1. The van der Waals surface area contributed by atoms with E-state index in [0.717, 1.165) is 28.3 Å². The Labute approximate surface area is 190 Å². The highest BCUT2D eigenvalue weighted by atomic mass is 32.1. The van der Waals surface area contributed by atoms with Gasteiger partial charge in [0.05, 0.1) is 21.5 Å². The fourth-order valence-electron chi connectivity index (χ4n) is 4.09. The number of amides is 1. The van der Waals surface area contributed by atoms with E-state index in [1.807, 2.05) is 11.8 Å². The normalized spacial score (nSPS) is 18.2. The van der Waals surface area contributed by atoms with Crippen molar-refractivity contribution in [3.63, 3.8) is 0 Å². The lowest BCUT2D eigenvalue weighted by atomic mass is 9.90. The lowest BCUT2D eigenvalue weighted by Gasteiger charge is -2.40. The summed E-state index contributed by atoms with van der Waals surface area (Å²) in [5.41, 5.74) is 1.72. The van der Waals surface area contributed by atoms with Crippen molar-refractivity contribution in [1.82, 2.24) is 14.9 Å². The number of aromatic nitrogens is 2. The number of halogens is 1. The minimum absolute atomic E-state index is 0.0169. The van der Waals surface area contributed by atoms with Gasteiger partial charge in [0.1, 0.15) is 23.4 Å². The summed E-state index contributed by atoms with van der Waals surface area (Å²) in [5.74, 6) is 0.577. The number of rotatable bonds is 5. The van der Waals surface area contributed by atoms with Crippen LogP contribution in [0, 0.1) is 30.0 Å². The highest BCUT2D eigenvalue weighted by Crippen LogP contribution is 2.33. The van der Waals surface area contributed by atoms with Crippen LogP contribution in [0.5, 0.6) is 0 Å². The van der Waals surface area contributed by atoms with Crippen LogP contribution in [0.1, 0.15) is 40.8 Å². The summed E-state index contributed by atoms with van der Waals surface area (Å²) in [5, 5.41) is 13.1. The molecule has 1 aliphatic rings. The third-order valence-corrected chi connectivity index (χ3v) is 6.82. The first-order chi connectivity index (χ1) is 15.5. The van der Waals surface area contributed by atoms with Crippen molar-refractivity contribution in [3.05, 3.63) is 64.7 Å². The fraction of sp³-hybridized carbons (Fsp3) is 0.333. The molecule has 164 valence electrons. The van der Waals surface area contributed by atoms with Crippen LogP contribution in [0.25, 0.3) is 10.4 Å². The van der Waals surface area contributed by atoms with E-state index in [0.29, 0.717) is 36.1 Å². The molecule has 2 unspecified atom stereocenters. The molecule has 4 rings (SSSR count). The molecule has 1 saturated heterocycles. The second-order valence-electron chi connectivity index (χ2n) is 8.03. The van der Waals surface area contributed by atoms with Crippen LogP contribution in [-0.4, -0.2) is 39.9 Å². The van der Waals surface area contributed by atoms with Crippen LogP contribution >= 0.6 is 11.3 Å². The number of hydrogen-bond acceptors (Lipinski definition) is 6. The summed E-state index contributed by atoms with van der Waals surface area (Å²) in [7, 11) is 0. The van der Waals surface area contributed by atoms with E-state index < -0.39 is 0 Å². The standard InChI is InChI=1S/C24H24FN5OS/c1-15-4-3-11-30(20(15)14-28-21-10-5-17(12-26)13-27-21)24(31)22-23(32-16(2)29-22)18-6-8-19(25)9-7-18/h5-10,13,15,20H,3-4,11,14H2,1-2H3,(H,27,28). The number of piperidine rings is 1. The maximum Gasteiger partial charge on any atom is 0.274 e. The van der Waals surface area contributed by atoms with Crippen molar-refractivity contribution >= 4 is 23.1 Å². The van der Waals surface area contributed by atoms with Crippen LogP contribution in [0.15, 0.2) is 42.6 Å². The van der Waals surface area contributed by atoms with Gasteiger partial charge in [0.15, 0.2) is 0 Å². The summed E-state index contributed by atoms with van der Waals surface area (Å²) in [6.07, 6.45) is 3.51. The van der Waals surface area contributed by atoms with E-state index in [1.165, 1.54) is 29.7 Å². The molecule has 1 N–H and O–H groups in total. The van der Waals surface area contributed by atoms with Gasteiger partial charge < -0.3 is 10.2 Å². The number of carbonyl (C=O) groups is 1. The molecule has 1 aromatic carbocycles. The number of benzene rings is 1. The molecule has 8 heteroatoms. The molecule has 0 saturated carbocycles. The highest BCUT2D eigenvalue weighted by molar-refractivity contribution is 7.15. The van der Waals surface area contributed by atoms with E-state index in [1.54, 1.807) is 24.3 Å². The Morgan fingerprint density at radius 1 is 1.31 bits per heavy atom. The number of likely N-dealkylation sites (tertiary alicyclic amines) is 1. The van der Waals surface area contributed by atoms with E-state index in [-0.39, 0.29) is 17.8 Å². The number of carbonyl (C=O) groups excluding carboxylic acids is 1. The predicted molar refractivity (Wildman–Crippen MR) is 123 cm³/mol. The number of pyridine rings is 1. The molecule has 2 aromatic heterocycles. The third kappa shape index (κ3) is 4.63. The minimum atomic E-state index is -0.310. The summed E-state index contributed by atoms with van der Waals surface area (Å²) in [6.45, 7) is 5.25. The van der Waals surface area contributed by atoms with Crippen molar-refractivity contribution in [2.24, 2.45) is 5.92 Å². The van der Waals surface area contributed by atoms with Gasteiger partial charge in [-0.1, -0.05) is 19.1 Å². The maximum atomic E-state index is 13.6. The number of nitrogens with one attached hydrogen (secondary N) is 1. The van der Waals surface area contributed by atoms with Gasteiger partial charge in [-0.3, -0.25) is 4.79 Å². The molecule has 0 aliphatic carbocycles. The molecular weight excluding hydrogens is 425 g/mol. The monoisotopic (exact) mass is 449 g/mol. The van der Waals surface area contributed by atoms with E-state index in [9.17, 15) is 9.18 Å². The van der Waals surface area contributed by atoms with E-state index in [4.69, 9.17) is 5.26 Å². The van der Waals surface area contributed by atoms with E-state index >= 15 is 0 Å². The predicted octanol–water partition coefficient (Wildman–Crippen LogP) is 4.88. The molecule has 0 spiro atoms. The number of anilines is 1. The van der Waals surface area contributed by atoms with Gasteiger partial charge in [0.25, 0.3) is 5.91 Å². The second kappa shape index (κ2) is 9.45. The van der Waals surface area contributed by atoms with Crippen molar-refractivity contribution < 1.29 is 9.18 Å². The van der Waals surface area contributed by atoms with Gasteiger partial charge in [-0.15, -0.1) is 11.3 Å². The molecule has 3 heterocycles. The second-order valence-corrected chi connectivity index (χ2v) is 9.23. The van der Waals surface area contributed by atoms with Crippen LogP contribution in [0.3, 0.4) is 0 Å². The van der Waals surface area contributed by atoms with Crippen LogP contribution < -0.4 is 5.32 Å². The maximum absolute atomic E-state index is 13.6. The number of hydrogen-bond donors (Lipinski definition) is 1. The Morgan fingerprint density at radius 3 is 2.78 bits per heavy atom. The summed E-state index contributed by atoms with van der Waals surface area (Å²) in [4.78, 5) is 25.1. The van der Waals surface area contributed by atoms with Gasteiger partial charge >= 0.3 is 0 Å². The lowest BCUT2D eigenvalue weighted by molar-refractivity contribution is 0.0535. The number of thiazole rings is 1. The van der Waals surface area contributed by atoms with Crippen LogP contribution in [0.2, 0.25) is 0 Å². The van der Waals surface area contributed by atoms with Crippen molar-refractivity contribution in [3.8, 4) is 16.5 Å². The minimum Gasteiger partial charge on any atom is -0.368 e. The molecule has 0 radical (unpaired) electrons. The van der Waals surface area contributed by atoms with Gasteiger partial charge in [0.2, 0.25) is 0 Å². The molecule has 2 atom stereocenters.